The van der Waals surface area contributed by atoms with Crippen LogP contribution in [-0.4, -0.2) is 16.2 Å². The van der Waals surface area contributed by atoms with Gasteiger partial charge in [0.2, 0.25) is 0 Å². The Bertz CT molecular complexity index is 2470. The molecule has 2 heterocycles. The molecule has 0 aliphatic carbocycles. The smallest absolute Gasteiger partial charge is 0.190 e. The van der Waals surface area contributed by atoms with Crippen molar-refractivity contribution in [3.63, 3.8) is 0 Å². The van der Waals surface area contributed by atoms with Gasteiger partial charge in [0.05, 0.1) is 41.8 Å². The molecule has 8 aromatic rings. The molecule has 44 heavy (non-hydrogen) atoms. The van der Waals surface area contributed by atoms with Gasteiger partial charge in [0.25, 0.3) is 0 Å². The van der Waals surface area contributed by atoms with E-state index in [1.165, 1.54) is 16.3 Å². The van der Waals surface area contributed by atoms with Gasteiger partial charge in [-0.3, -0.25) is 0 Å². The predicted octanol–water partition coefficient (Wildman–Crippen LogP) is 9.98. The van der Waals surface area contributed by atoms with Gasteiger partial charge in [0, 0.05) is 38.5 Å². The van der Waals surface area contributed by atoms with E-state index in [1.807, 2.05) is 30.3 Å². The molecule has 0 saturated carbocycles. The van der Waals surface area contributed by atoms with E-state index in [0.717, 1.165) is 55.6 Å². The summed E-state index contributed by atoms with van der Waals surface area (Å²) in [6.45, 7) is 7.63. The van der Waals surface area contributed by atoms with E-state index in [1.54, 1.807) is 13.2 Å². The van der Waals surface area contributed by atoms with Crippen LogP contribution in [-0.2, 0) is 0 Å². The zero-order valence-electron chi connectivity index (χ0n) is 23.8. The lowest BCUT2D eigenvalue weighted by atomic mass is 9.97. The highest BCUT2D eigenvalue weighted by Gasteiger charge is 2.19. The Morgan fingerprint density at radius 2 is 1.36 bits per heavy atom. The second-order valence-electron chi connectivity index (χ2n) is 10.8. The van der Waals surface area contributed by atoms with E-state index in [9.17, 15) is 5.26 Å². The van der Waals surface area contributed by atoms with Crippen molar-refractivity contribution in [1.82, 2.24) is 9.13 Å². The Balaban J connectivity index is 1.44. The molecule has 5 nitrogen and oxygen atoms in total. The fraction of sp³-hybridized carbons (Fsp3) is 0.0256. The Kier molecular flexibility index (Phi) is 5.72. The minimum absolute atomic E-state index is 0.430. The van der Waals surface area contributed by atoms with Gasteiger partial charge in [0.1, 0.15) is 5.75 Å². The molecule has 2 aromatic heterocycles. The highest BCUT2D eigenvalue weighted by molar-refractivity contribution is 6.17. The molecule has 0 amide bonds. The van der Waals surface area contributed by atoms with Crippen LogP contribution < -0.4 is 4.74 Å². The van der Waals surface area contributed by atoms with E-state index in [2.05, 4.69) is 111 Å². The van der Waals surface area contributed by atoms with Crippen molar-refractivity contribution in [2.24, 2.45) is 0 Å². The third-order valence-electron chi connectivity index (χ3n) is 8.41. The van der Waals surface area contributed by atoms with Crippen LogP contribution in [0, 0.1) is 17.9 Å². The number of methoxy groups -OCH3 is 1. The molecule has 0 spiro atoms. The lowest BCUT2D eigenvalue weighted by Crippen LogP contribution is -1.95. The normalized spacial score (nSPS) is 11.2. The van der Waals surface area contributed by atoms with Gasteiger partial charge in [-0.05, 0) is 83.9 Å². The predicted molar refractivity (Wildman–Crippen MR) is 178 cm³/mol. The molecule has 0 aliphatic rings. The van der Waals surface area contributed by atoms with Crippen molar-refractivity contribution in [3.8, 4) is 34.3 Å². The molecule has 206 valence electrons. The quantitative estimate of drug-likeness (QED) is 0.200. The maximum atomic E-state index is 9.72. The zero-order chi connectivity index (χ0) is 29.8. The zero-order valence-corrected chi connectivity index (χ0v) is 23.8. The molecule has 0 N–H and O–H groups in total. The highest BCUT2D eigenvalue weighted by Crippen LogP contribution is 2.42. The van der Waals surface area contributed by atoms with Crippen LogP contribution in [0.15, 0.2) is 127 Å². The van der Waals surface area contributed by atoms with E-state index in [-0.39, 0.29) is 0 Å². The molecule has 5 heteroatoms. The summed E-state index contributed by atoms with van der Waals surface area (Å²) in [4.78, 5) is 3.64. The molecular weight excluding hydrogens is 540 g/mol. The molecule has 0 atom stereocenters. The summed E-state index contributed by atoms with van der Waals surface area (Å²) in [6.07, 6.45) is 0. The van der Waals surface area contributed by atoms with E-state index in [0.29, 0.717) is 11.3 Å². The molecule has 0 radical (unpaired) electrons. The number of nitrogens with zero attached hydrogens (tertiary/aromatic N) is 4. The van der Waals surface area contributed by atoms with Gasteiger partial charge in [-0.25, -0.2) is 4.85 Å². The number of hydrogen-bond acceptors (Lipinski definition) is 2. The summed E-state index contributed by atoms with van der Waals surface area (Å²) >= 11 is 0. The fourth-order valence-corrected chi connectivity index (χ4v) is 6.54. The third-order valence-corrected chi connectivity index (χ3v) is 8.41. The third kappa shape index (κ3) is 3.78. The van der Waals surface area contributed by atoms with Crippen molar-refractivity contribution in [3.05, 3.63) is 144 Å². The number of para-hydroxylation sites is 2. The molecule has 0 bridgehead atoms. The van der Waals surface area contributed by atoms with Crippen LogP contribution in [0.4, 0.5) is 5.69 Å². The number of rotatable bonds is 4. The van der Waals surface area contributed by atoms with Gasteiger partial charge in [-0.1, -0.05) is 54.6 Å². The average Bonchev–Trinajstić information content (AvgIpc) is 3.60. The second-order valence-corrected chi connectivity index (χ2v) is 10.8. The summed E-state index contributed by atoms with van der Waals surface area (Å²) in [5, 5.41) is 14.2. The van der Waals surface area contributed by atoms with Crippen LogP contribution in [0.25, 0.3) is 71.0 Å². The van der Waals surface area contributed by atoms with E-state index in [4.69, 9.17) is 11.3 Å². The lowest BCUT2D eigenvalue weighted by Gasteiger charge is -2.10. The molecule has 6 aromatic carbocycles. The van der Waals surface area contributed by atoms with Gasteiger partial charge < -0.3 is 13.9 Å². The molecule has 0 aliphatic heterocycles. The number of nitriles is 1. The Labute approximate surface area is 253 Å². The number of hydrogen-bond donors (Lipinski definition) is 0. The maximum Gasteiger partial charge on any atom is 0.190 e. The Morgan fingerprint density at radius 1 is 0.636 bits per heavy atom. The van der Waals surface area contributed by atoms with Crippen LogP contribution in [0.3, 0.4) is 0 Å². The van der Waals surface area contributed by atoms with Crippen LogP contribution in [0.1, 0.15) is 5.56 Å². The Morgan fingerprint density at radius 3 is 2.18 bits per heavy atom. The second kappa shape index (κ2) is 9.91. The van der Waals surface area contributed by atoms with Crippen LogP contribution >= 0.6 is 0 Å². The molecule has 8 rings (SSSR count). The highest BCUT2D eigenvalue weighted by atomic mass is 16.5. The fourth-order valence-electron chi connectivity index (χ4n) is 6.54. The first kappa shape index (κ1) is 25.4. The molecular formula is C39H24N4O. The summed E-state index contributed by atoms with van der Waals surface area (Å²) in [5.74, 6) is 0.764. The topological polar surface area (TPSA) is 47.2 Å². The van der Waals surface area contributed by atoms with Gasteiger partial charge in [0.15, 0.2) is 5.69 Å². The largest absolute Gasteiger partial charge is 0.497 e. The summed E-state index contributed by atoms with van der Waals surface area (Å²) in [6, 6.07) is 45.7. The van der Waals surface area contributed by atoms with Crippen molar-refractivity contribution in [2.45, 2.75) is 0 Å². The number of aromatic nitrogens is 2. The summed E-state index contributed by atoms with van der Waals surface area (Å²) < 4.78 is 10.1. The van der Waals surface area contributed by atoms with Crippen LogP contribution in [0.2, 0.25) is 0 Å². The van der Waals surface area contributed by atoms with Gasteiger partial charge >= 0.3 is 0 Å². The molecule has 0 unspecified atom stereocenters. The minimum atomic E-state index is 0.430. The van der Waals surface area contributed by atoms with Crippen LogP contribution in [0.5, 0.6) is 5.75 Å². The van der Waals surface area contributed by atoms with Gasteiger partial charge in [-0.2, -0.15) is 5.26 Å². The van der Waals surface area contributed by atoms with Crippen molar-refractivity contribution in [2.75, 3.05) is 7.11 Å². The summed E-state index contributed by atoms with van der Waals surface area (Å²) in [7, 11) is 1.68. The number of ether oxygens (including phenoxy) is 1. The minimum Gasteiger partial charge on any atom is -0.497 e. The Hall–Kier alpha value is -6.30. The number of benzene rings is 6. The van der Waals surface area contributed by atoms with Crippen molar-refractivity contribution < 1.29 is 4.74 Å². The SMILES string of the molecule is [C-]#[N+]c1cc(C#N)cc(-n2c3ccc(OC)cc3c3c(-c4ccc5c(c4)c4ccccc4n5-c4ccccc4)cccc32)c1. The standard InChI is InChI=1S/C39H24N4O/c1-41-27-19-25(24-40)20-29(22-27)43-37-18-16-30(44-2)23-34(37)39-31(12-8-14-38(39)43)26-15-17-36-33(21-26)32-11-6-7-13-35(32)42(36)28-9-4-3-5-10-28/h3-23H,2H3. The molecule has 0 saturated heterocycles. The van der Waals surface area contributed by atoms with E-state index >= 15 is 0 Å². The van der Waals surface area contributed by atoms with Crippen molar-refractivity contribution in [1.29, 1.82) is 5.26 Å². The first-order valence-electron chi connectivity index (χ1n) is 14.3. The maximum absolute atomic E-state index is 9.72. The first-order chi connectivity index (χ1) is 21.7. The number of fused-ring (bicyclic) bond motifs is 6. The van der Waals surface area contributed by atoms with Gasteiger partial charge in [-0.15, -0.1) is 0 Å². The molecule has 0 fully saturated rings. The monoisotopic (exact) mass is 564 g/mol. The summed E-state index contributed by atoms with van der Waals surface area (Å²) in [5.41, 5.74) is 9.27. The van der Waals surface area contributed by atoms with Crippen molar-refractivity contribution >= 4 is 49.3 Å². The lowest BCUT2D eigenvalue weighted by molar-refractivity contribution is 0.415. The average molecular weight is 565 g/mol. The first-order valence-corrected chi connectivity index (χ1v) is 14.3. The van der Waals surface area contributed by atoms with E-state index < -0.39 is 0 Å².